The molecule has 0 aliphatic heterocycles. The van der Waals surface area contributed by atoms with Crippen LogP contribution in [0.4, 0.5) is 0 Å². The first-order valence-corrected chi connectivity index (χ1v) is 6.47. The molecule has 1 aromatic rings. The Morgan fingerprint density at radius 3 is 2.71 bits per heavy atom. The van der Waals surface area contributed by atoms with Gasteiger partial charge in [0.15, 0.2) is 0 Å². The molecule has 2 rings (SSSR count). The minimum atomic E-state index is -0.798. The Kier molecular flexibility index (Phi) is 3.43. The minimum Gasteiger partial charge on any atom is -0.485 e. The maximum atomic E-state index is 10.8. The van der Waals surface area contributed by atoms with Crippen LogP contribution < -0.4 is 4.74 Å². The van der Waals surface area contributed by atoms with Crippen LogP contribution in [0.1, 0.15) is 31.2 Å². The Hall–Kier alpha value is -1.03. The number of rotatable bonds is 4. The van der Waals surface area contributed by atoms with Crippen molar-refractivity contribution in [2.75, 3.05) is 0 Å². The van der Waals surface area contributed by atoms with Crippen LogP contribution in [-0.2, 0) is 4.79 Å². The van der Waals surface area contributed by atoms with E-state index in [1.54, 1.807) is 0 Å². The number of hydrogen-bond acceptors (Lipinski definition) is 2. The normalized spacial score (nSPS) is 17.3. The Bertz CT molecular complexity index is 438. The topological polar surface area (TPSA) is 46.5 Å². The van der Waals surface area contributed by atoms with Gasteiger partial charge in [0.1, 0.15) is 11.4 Å². The fourth-order valence-corrected chi connectivity index (χ4v) is 2.66. The third-order valence-corrected chi connectivity index (χ3v) is 3.77. The van der Waals surface area contributed by atoms with Gasteiger partial charge in [0.05, 0.1) is 10.9 Å². The number of ether oxygens (including phenoxy) is 1. The predicted octanol–water partition coefficient (Wildman–Crippen LogP) is 3.53. The van der Waals surface area contributed by atoms with Crippen molar-refractivity contribution in [3.63, 3.8) is 0 Å². The molecule has 1 N–H and O–H groups in total. The van der Waals surface area contributed by atoms with Gasteiger partial charge < -0.3 is 9.84 Å². The number of halogens is 1. The number of carbonyl (C=O) groups is 1. The van der Waals surface area contributed by atoms with Gasteiger partial charge in [0, 0.05) is 0 Å². The maximum absolute atomic E-state index is 10.8. The molecule has 0 amide bonds. The van der Waals surface area contributed by atoms with Crippen LogP contribution in [0.25, 0.3) is 0 Å². The predicted molar refractivity (Wildman–Crippen MR) is 68.3 cm³/mol. The van der Waals surface area contributed by atoms with E-state index < -0.39 is 11.6 Å². The molecule has 92 valence electrons. The van der Waals surface area contributed by atoms with Gasteiger partial charge in [-0.05, 0) is 59.8 Å². The highest BCUT2D eigenvalue weighted by atomic mass is 79.9. The van der Waals surface area contributed by atoms with Crippen molar-refractivity contribution in [2.24, 2.45) is 0 Å². The second-order valence-electron chi connectivity index (χ2n) is 4.64. The molecule has 17 heavy (non-hydrogen) atoms. The summed E-state index contributed by atoms with van der Waals surface area (Å²) >= 11 is 3.45. The van der Waals surface area contributed by atoms with E-state index in [-0.39, 0.29) is 6.42 Å². The van der Waals surface area contributed by atoms with Gasteiger partial charge in [0.25, 0.3) is 0 Å². The van der Waals surface area contributed by atoms with Crippen LogP contribution in [-0.4, -0.2) is 16.7 Å². The molecule has 1 fully saturated rings. The standard InChI is InChI=1S/C13H15BrO3/c1-9-3-4-11(10(14)7-9)17-13(5-2-6-13)8-12(15)16/h3-4,7H,2,5-6,8H2,1H3,(H,15,16). The second-order valence-corrected chi connectivity index (χ2v) is 5.50. The van der Waals surface area contributed by atoms with Crippen molar-refractivity contribution in [3.05, 3.63) is 28.2 Å². The summed E-state index contributed by atoms with van der Waals surface area (Å²) in [7, 11) is 0. The van der Waals surface area contributed by atoms with Crippen LogP contribution in [0.3, 0.4) is 0 Å². The molecule has 3 nitrogen and oxygen atoms in total. The van der Waals surface area contributed by atoms with Gasteiger partial charge in [-0.3, -0.25) is 4.79 Å². The zero-order valence-corrected chi connectivity index (χ0v) is 11.3. The van der Waals surface area contributed by atoms with Crippen LogP contribution >= 0.6 is 15.9 Å². The van der Waals surface area contributed by atoms with Gasteiger partial charge in [-0.15, -0.1) is 0 Å². The van der Waals surface area contributed by atoms with Crippen LogP contribution in [0.5, 0.6) is 5.75 Å². The van der Waals surface area contributed by atoms with E-state index in [0.717, 1.165) is 35.0 Å². The van der Waals surface area contributed by atoms with Crippen molar-refractivity contribution in [1.82, 2.24) is 0 Å². The van der Waals surface area contributed by atoms with Crippen molar-refractivity contribution in [2.45, 2.75) is 38.2 Å². The van der Waals surface area contributed by atoms with Crippen molar-refractivity contribution < 1.29 is 14.6 Å². The van der Waals surface area contributed by atoms with Gasteiger partial charge in [-0.2, -0.15) is 0 Å². The summed E-state index contributed by atoms with van der Waals surface area (Å²) in [4.78, 5) is 10.8. The van der Waals surface area contributed by atoms with Crippen LogP contribution in [0, 0.1) is 6.92 Å². The number of carboxylic acids is 1. The highest BCUT2D eigenvalue weighted by molar-refractivity contribution is 9.10. The largest absolute Gasteiger partial charge is 0.485 e. The molecule has 0 aromatic heterocycles. The number of benzene rings is 1. The lowest BCUT2D eigenvalue weighted by Gasteiger charge is -2.41. The molecule has 1 aromatic carbocycles. The summed E-state index contributed by atoms with van der Waals surface area (Å²) in [6, 6.07) is 5.83. The molecule has 1 saturated carbocycles. The zero-order valence-electron chi connectivity index (χ0n) is 9.70. The Morgan fingerprint density at radius 2 is 2.24 bits per heavy atom. The SMILES string of the molecule is Cc1ccc(OC2(CC(=O)O)CCC2)c(Br)c1. The highest BCUT2D eigenvalue weighted by Gasteiger charge is 2.41. The molecular weight excluding hydrogens is 284 g/mol. The van der Waals surface area contributed by atoms with E-state index in [4.69, 9.17) is 9.84 Å². The van der Waals surface area contributed by atoms with E-state index in [2.05, 4.69) is 15.9 Å². The molecule has 0 heterocycles. The van der Waals surface area contributed by atoms with Crippen LogP contribution in [0.2, 0.25) is 0 Å². The second kappa shape index (κ2) is 4.69. The summed E-state index contributed by atoms with van der Waals surface area (Å²) in [5.74, 6) is -0.0653. The average Bonchev–Trinajstić information content (AvgIpc) is 2.18. The molecule has 1 aliphatic rings. The summed E-state index contributed by atoms with van der Waals surface area (Å²) < 4.78 is 6.79. The zero-order chi connectivity index (χ0) is 12.5. The lowest BCUT2D eigenvalue weighted by molar-refractivity contribution is -0.144. The molecule has 0 spiro atoms. The first kappa shape index (κ1) is 12.4. The van der Waals surface area contributed by atoms with Crippen molar-refractivity contribution in [1.29, 1.82) is 0 Å². The molecule has 0 saturated heterocycles. The van der Waals surface area contributed by atoms with Gasteiger partial charge in [-0.25, -0.2) is 0 Å². The quantitative estimate of drug-likeness (QED) is 0.925. The van der Waals surface area contributed by atoms with E-state index in [1.165, 1.54) is 0 Å². The Labute approximate surface area is 109 Å². The lowest BCUT2D eigenvalue weighted by Crippen LogP contribution is -2.45. The van der Waals surface area contributed by atoms with Crippen LogP contribution in [0.15, 0.2) is 22.7 Å². The lowest BCUT2D eigenvalue weighted by atomic mass is 9.77. The third-order valence-electron chi connectivity index (χ3n) is 3.15. The molecule has 0 unspecified atom stereocenters. The molecule has 1 aliphatic carbocycles. The average molecular weight is 299 g/mol. The van der Waals surface area contributed by atoms with E-state index >= 15 is 0 Å². The monoisotopic (exact) mass is 298 g/mol. The van der Waals surface area contributed by atoms with E-state index in [1.807, 2.05) is 25.1 Å². The van der Waals surface area contributed by atoms with E-state index in [9.17, 15) is 4.79 Å². The number of hydrogen-bond donors (Lipinski definition) is 1. The summed E-state index contributed by atoms with van der Waals surface area (Å²) in [6.45, 7) is 2.00. The van der Waals surface area contributed by atoms with Gasteiger partial charge in [-0.1, -0.05) is 6.07 Å². The number of aliphatic carboxylic acids is 1. The first-order valence-electron chi connectivity index (χ1n) is 5.68. The van der Waals surface area contributed by atoms with Gasteiger partial charge >= 0.3 is 5.97 Å². The Morgan fingerprint density at radius 1 is 1.53 bits per heavy atom. The molecule has 0 atom stereocenters. The van der Waals surface area contributed by atoms with Crippen molar-refractivity contribution >= 4 is 21.9 Å². The molecule has 0 radical (unpaired) electrons. The minimum absolute atomic E-state index is 0.0767. The fourth-order valence-electron chi connectivity index (χ4n) is 2.08. The maximum Gasteiger partial charge on any atom is 0.307 e. The number of carboxylic acid groups (broad SMARTS) is 1. The molecule has 4 heteroatoms. The molecule has 0 bridgehead atoms. The van der Waals surface area contributed by atoms with E-state index in [0.29, 0.717) is 0 Å². The summed E-state index contributed by atoms with van der Waals surface area (Å²) in [5.41, 5.74) is 0.647. The molecular formula is C13H15BrO3. The fraction of sp³-hybridized carbons (Fsp3) is 0.462. The van der Waals surface area contributed by atoms with Crippen molar-refractivity contribution in [3.8, 4) is 5.75 Å². The Balaban J connectivity index is 2.15. The van der Waals surface area contributed by atoms with Gasteiger partial charge in [0.2, 0.25) is 0 Å². The smallest absolute Gasteiger partial charge is 0.307 e. The summed E-state index contributed by atoms with van der Waals surface area (Å²) in [5, 5.41) is 8.91. The third kappa shape index (κ3) is 2.80. The summed E-state index contributed by atoms with van der Waals surface area (Å²) in [6.07, 6.45) is 2.75. The number of aryl methyl sites for hydroxylation is 1. The highest BCUT2D eigenvalue weighted by Crippen LogP contribution is 2.41. The first-order chi connectivity index (χ1) is 8.01.